The lowest BCUT2D eigenvalue weighted by Crippen LogP contribution is -2.31. The van der Waals surface area contributed by atoms with Crippen molar-refractivity contribution < 1.29 is 19.4 Å². The predicted molar refractivity (Wildman–Crippen MR) is 106 cm³/mol. The maximum atomic E-state index is 12.8. The van der Waals surface area contributed by atoms with Gasteiger partial charge in [0.1, 0.15) is 5.76 Å². The fourth-order valence-electron chi connectivity index (χ4n) is 3.26. The lowest BCUT2D eigenvalue weighted by Gasteiger charge is -2.25. The lowest BCUT2D eigenvalue weighted by atomic mass is 9.95. The molecule has 0 aliphatic carbocycles. The summed E-state index contributed by atoms with van der Waals surface area (Å²) >= 11 is 3.44. The molecule has 1 atom stereocenters. The molecule has 0 radical (unpaired) electrons. The average molecular weight is 430 g/mol. The second kappa shape index (κ2) is 8.50. The highest BCUT2D eigenvalue weighted by atomic mass is 79.9. The minimum absolute atomic E-state index is 0.113. The van der Waals surface area contributed by atoms with Crippen molar-refractivity contribution in [2.75, 3.05) is 20.3 Å². The van der Waals surface area contributed by atoms with Crippen molar-refractivity contribution in [3.63, 3.8) is 0 Å². The molecule has 1 fully saturated rings. The summed E-state index contributed by atoms with van der Waals surface area (Å²) in [7, 11) is 1.59. The average Bonchev–Trinajstić information content (AvgIpc) is 2.93. The molecule has 1 heterocycles. The molecule has 1 amide bonds. The number of benzene rings is 2. The molecule has 0 aromatic heterocycles. The van der Waals surface area contributed by atoms with Crippen LogP contribution >= 0.6 is 15.9 Å². The third-order valence-corrected chi connectivity index (χ3v) is 4.99. The van der Waals surface area contributed by atoms with E-state index in [1.807, 2.05) is 30.3 Å². The maximum absolute atomic E-state index is 12.8. The van der Waals surface area contributed by atoms with Crippen molar-refractivity contribution in [2.45, 2.75) is 12.5 Å². The van der Waals surface area contributed by atoms with E-state index < -0.39 is 17.7 Å². The SMILES string of the molecule is COCCCN1C(=O)C(=O)C(=C(O)c2ccccc2)[C@@H]1c1cccc(Br)c1. The molecule has 140 valence electrons. The van der Waals surface area contributed by atoms with E-state index in [0.717, 1.165) is 10.0 Å². The summed E-state index contributed by atoms with van der Waals surface area (Å²) in [5, 5.41) is 10.8. The first-order valence-electron chi connectivity index (χ1n) is 8.63. The number of amides is 1. The van der Waals surface area contributed by atoms with Crippen LogP contribution in [-0.2, 0) is 14.3 Å². The van der Waals surface area contributed by atoms with Crippen LogP contribution < -0.4 is 0 Å². The summed E-state index contributed by atoms with van der Waals surface area (Å²) in [6, 6.07) is 15.6. The van der Waals surface area contributed by atoms with E-state index in [1.165, 1.54) is 4.90 Å². The van der Waals surface area contributed by atoms with Crippen LogP contribution in [0.2, 0.25) is 0 Å². The Kier molecular flexibility index (Phi) is 6.08. The van der Waals surface area contributed by atoms with Crippen LogP contribution in [0.5, 0.6) is 0 Å². The maximum Gasteiger partial charge on any atom is 0.295 e. The highest BCUT2D eigenvalue weighted by Gasteiger charge is 2.45. The van der Waals surface area contributed by atoms with Gasteiger partial charge in [-0.15, -0.1) is 0 Å². The van der Waals surface area contributed by atoms with Crippen LogP contribution in [0.1, 0.15) is 23.6 Å². The number of rotatable bonds is 6. The van der Waals surface area contributed by atoms with Gasteiger partial charge in [0.25, 0.3) is 11.7 Å². The standard InChI is InChI=1S/C21H20BrNO4/c1-27-12-6-11-23-18(15-9-5-10-16(22)13-15)17(20(25)21(23)26)19(24)14-7-3-2-4-8-14/h2-5,7-10,13,18,24H,6,11-12H2,1H3/t18-/m0/s1. The van der Waals surface area contributed by atoms with Crippen molar-refractivity contribution in [1.29, 1.82) is 0 Å². The molecule has 3 rings (SSSR count). The zero-order chi connectivity index (χ0) is 19.4. The Morgan fingerprint density at radius 3 is 2.56 bits per heavy atom. The minimum Gasteiger partial charge on any atom is -0.507 e. The number of methoxy groups -OCH3 is 1. The van der Waals surface area contributed by atoms with E-state index in [9.17, 15) is 14.7 Å². The number of ketones is 1. The van der Waals surface area contributed by atoms with Crippen molar-refractivity contribution in [2.24, 2.45) is 0 Å². The number of halogens is 1. The van der Waals surface area contributed by atoms with Gasteiger partial charge in [-0.05, 0) is 24.1 Å². The number of aliphatic hydroxyl groups excluding tert-OH is 1. The topological polar surface area (TPSA) is 66.8 Å². The molecule has 0 bridgehead atoms. The van der Waals surface area contributed by atoms with Crippen molar-refractivity contribution in [3.8, 4) is 0 Å². The van der Waals surface area contributed by atoms with Gasteiger partial charge in [0.15, 0.2) is 0 Å². The molecule has 1 aliphatic rings. The molecule has 5 nitrogen and oxygen atoms in total. The number of hydrogen-bond donors (Lipinski definition) is 1. The van der Waals surface area contributed by atoms with Gasteiger partial charge in [0.2, 0.25) is 0 Å². The largest absolute Gasteiger partial charge is 0.507 e. The number of ether oxygens (including phenoxy) is 1. The van der Waals surface area contributed by atoms with E-state index in [0.29, 0.717) is 25.1 Å². The number of carbonyl (C=O) groups excluding carboxylic acids is 2. The summed E-state index contributed by atoms with van der Waals surface area (Å²) in [4.78, 5) is 27.0. The van der Waals surface area contributed by atoms with Gasteiger partial charge in [-0.2, -0.15) is 0 Å². The Balaban J connectivity index is 2.12. The van der Waals surface area contributed by atoms with Crippen LogP contribution in [0.4, 0.5) is 0 Å². The molecule has 1 saturated heterocycles. The highest BCUT2D eigenvalue weighted by molar-refractivity contribution is 9.10. The van der Waals surface area contributed by atoms with E-state index >= 15 is 0 Å². The molecule has 1 aliphatic heterocycles. The Hall–Kier alpha value is -2.44. The number of hydrogen-bond acceptors (Lipinski definition) is 4. The zero-order valence-corrected chi connectivity index (χ0v) is 16.5. The summed E-state index contributed by atoms with van der Waals surface area (Å²) in [6.45, 7) is 0.841. The van der Waals surface area contributed by atoms with Crippen LogP contribution in [0.15, 0.2) is 64.6 Å². The number of likely N-dealkylation sites (tertiary alicyclic amines) is 1. The van der Waals surface area contributed by atoms with E-state index in [-0.39, 0.29) is 11.3 Å². The van der Waals surface area contributed by atoms with Gasteiger partial charge >= 0.3 is 0 Å². The second-order valence-corrected chi connectivity index (χ2v) is 7.18. The fraction of sp³-hybridized carbons (Fsp3) is 0.238. The Morgan fingerprint density at radius 2 is 1.89 bits per heavy atom. The number of aliphatic hydroxyl groups is 1. The molecular weight excluding hydrogens is 410 g/mol. The lowest BCUT2D eigenvalue weighted by molar-refractivity contribution is -0.140. The summed E-state index contributed by atoms with van der Waals surface area (Å²) in [5.74, 6) is -1.43. The predicted octanol–water partition coefficient (Wildman–Crippen LogP) is 3.91. The number of carbonyl (C=O) groups is 2. The van der Waals surface area contributed by atoms with Gasteiger partial charge in [-0.25, -0.2) is 0 Å². The molecule has 0 unspecified atom stereocenters. The molecule has 6 heteroatoms. The summed E-state index contributed by atoms with van der Waals surface area (Å²) in [6.07, 6.45) is 0.597. The highest BCUT2D eigenvalue weighted by Crippen LogP contribution is 2.39. The normalized spacial score (nSPS) is 18.9. The van der Waals surface area contributed by atoms with Crippen molar-refractivity contribution >= 4 is 33.4 Å². The Morgan fingerprint density at radius 1 is 1.15 bits per heavy atom. The monoisotopic (exact) mass is 429 g/mol. The van der Waals surface area contributed by atoms with Crippen molar-refractivity contribution in [3.05, 3.63) is 75.8 Å². The number of nitrogens with zero attached hydrogens (tertiary/aromatic N) is 1. The van der Waals surface area contributed by atoms with Crippen LogP contribution in [0, 0.1) is 0 Å². The summed E-state index contributed by atoms with van der Waals surface area (Å²) < 4.78 is 5.91. The third kappa shape index (κ3) is 3.96. The quantitative estimate of drug-likeness (QED) is 0.327. The Labute approximate surface area is 166 Å². The molecule has 1 N–H and O–H groups in total. The molecule has 0 spiro atoms. The second-order valence-electron chi connectivity index (χ2n) is 6.26. The molecule has 2 aromatic rings. The smallest absolute Gasteiger partial charge is 0.295 e. The van der Waals surface area contributed by atoms with Crippen molar-refractivity contribution in [1.82, 2.24) is 4.90 Å². The zero-order valence-electron chi connectivity index (χ0n) is 14.9. The van der Waals surface area contributed by atoms with E-state index in [4.69, 9.17) is 4.74 Å². The summed E-state index contributed by atoms with van der Waals surface area (Å²) in [5.41, 5.74) is 1.38. The van der Waals surface area contributed by atoms with Gasteiger partial charge in [0, 0.05) is 30.3 Å². The van der Waals surface area contributed by atoms with Crippen LogP contribution in [0.3, 0.4) is 0 Å². The fourth-order valence-corrected chi connectivity index (χ4v) is 3.68. The molecule has 0 saturated carbocycles. The molecule has 2 aromatic carbocycles. The van der Waals surface area contributed by atoms with Gasteiger partial charge < -0.3 is 14.7 Å². The molecular formula is C21H20BrNO4. The first kappa shape index (κ1) is 19.3. The van der Waals surface area contributed by atoms with Gasteiger partial charge in [-0.1, -0.05) is 58.4 Å². The van der Waals surface area contributed by atoms with Gasteiger partial charge in [0.05, 0.1) is 11.6 Å². The van der Waals surface area contributed by atoms with Gasteiger partial charge in [-0.3, -0.25) is 9.59 Å². The van der Waals surface area contributed by atoms with E-state index in [1.54, 1.807) is 31.4 Å². The Bertz CT molecular complexity index is 879. The first-order valence-corrected chi connectivity index (χ1v) is 9.42. The minimum atomic E-state index is -0.668. The van der Waals surface area contributed by atoms with Crippen LogP contribution in [-0.4, -0.2) is 42.0 Å². The first-order chi connectivity index (χ1) is 13.0. The van der Waals surface area contributed by atoms with Crippen LogP contribution in [0.25, 0.3) is 5.76 Å². The van der Waals surface area contributed by atoms with E-state index in [2.05, 4.69) is 15.9 Å². The third-order valence-electron chi connectivity index (χ3n) is 4.50. The number of Topliss-reactive ketones (excluding diaryl/α,β-unsaturated/α-hetero) is 1. The molecule has 27 heavy (non-hydrogen) atoms.